The highest BCUT2D eigenvalue weighted by molar-refractivity contribution is 5.89. The van der Waals surface area contributed by atoms with Crippen LogP contribution in [0, 0.1) is 0 Å². The van der Waals surface area contributed by atoms with Crippen LogP contribution in [-0.2, 0) is 4.74 Å². The van der Waals surface area contributed by atoms with Gasteiger partial charge in [-0.05, 0) is 44.4 Å². The van der Waals surface area contributed by atoms with Gasteiger partial charge >= 0.3 is 5.97 Å². The average Bonchev–Trinajstić information content (AvgIpc) is 3.04. The lowest BCUT2D eigenvalue weighted by Gasteiger charge is -2.33. The molecule has 0 aliphatic carbocycles. The second-order valence-corrected chi connectivity index (χ2v) is 5.81. The van der Waals surface area contributed by atoms with E-state index in [4.69, 9.17) is 4.74 Å². The third-order valence-corrected chi connectivity index (χ3v) is 4.69. The van der Waals surface area contributed by atoms with Gasteiger partial charge in [-0.1, -0.05) is 18.2 Å². The summed E-state index contributed by atoms with van der Waals surface area (Å²) in [7, 11) is 0. The third-order valence-electron chi connectivity index (χ3n) is 4.69. The number of alkyl halides is 1. The molecule has 2 aliphatic rings. The molecule has 1 aromatic rings. The van der Waals surface area contributed by atoms with Crippen LogP contribution in [0.15, 0.2) is 30.3 Å². The highest BCUT2D eigenvalue weighted by Crippen LogP contribution is 2.42. The van der Waals surface area contributed by atoms with Gasteiger partial charge < -0.3 is 4.74 Å². The molecule has 0 aromatic heterocycles. The number of fused-ring (bicyclic) bond motifs is 1. The maximum atomic E-state index is 13.0. The second-order valence-electron chi connectivity index (χ2n) is 5.81. The van der Waals surface area contributed by atoms with Crippen LogP contribution in [0.25, 0.3) is 0 Å². The number of carbonyl (C=O) groups is 1. The van der Waals surface area contributed by atoms with Gasteiger partial charge in [0.05, 0.1) is 11.1 Å². The van der Waals surface area contributed by atoms with E-state index in [9.17, 15) is 9.18 Å². The molecule has 0 radical (unpaired) electrons. The topological polar surface area (TPSA) is 29.5 Å². The minimum absolute atomic E-state index is 0.0212. The molecule has 0 unspecified atom stereocenters. The van der Waals surface area contributed by atoms with Crippen molar-refractivity contribution in [2.24, 2.45) is 0 Å². The SMILES string of the molecule is O=C(OC[C@@]12CCCN1[C@@H](CF)CC2)c1ccccc1. The molecule has 0 spiro atoms. The molecule has 108 valence electrons. The molecule has 0 amide bonds. The molecule has 2 aliphatic heterocycles. The molecule has 0 bridgehead atoms. The highest BCUT2D eigenvalue weighted by atomic mass is 19.1. The summed E-state index contributed by atoms with van der Waals surface area (Å²) in [6.07, 6.45) is 3.88. The highest BCUT2D eigenvalue weighted by Gasteiger charge is 2.49. The van der Waals surface area contributed by atoms with Gasteiger partial charge in [0, 0.05) is 6.04 Å². The van der Waals surface area contributed by atoms with Gasteiger partial charge in [-0.25, -0.2) is 9.18 Å². The lowest BCUT2D eigenvalue weighted by Crippen LogP contribution is -2.46. The fourth-order valence-electron chi connectivity index (χ4n) is 3.63. The number of nitrogens with zero attached hydrogens (tertiary/aromatic N) is 1. The molecule has 20 heavy (non-hydrogen) atoms. The Morgan fingerprint density at radius 2 is 2.15 bits per heavy atom. The van der Waals surface area contributed by atoms with Gasteiger partial charge in [0.2, 0.25) is 0 Å². The van der Waals surface area contributed by atoms with Crippen LogP contribution < -0.4 is 0 Å². The van der Waals surface area contributed by atoms with Crippen molar-refractivity contribution >= 4 is 5.97 Å². The average molecular weight is 277 g/mol. The fourth-order valence-corrected chi connectivity index (χ4v) is 3.63. The van der Waals surface area contributed by atoms with Crippen LogP contribution in [0.2, 0.25) is 0 Å². The maximum absolute atomic E-state index is 13.0. The number of carbonyl (C=O) groups excluding carboxylic acids is 1. The molecule has 4 heteroatoms. The van der Waals surface area contributed by atoms with Gasteiger partial charge in [-0.3, -0.25) is 4.90 Å². The van der Waals surface area contributed by atoms with Crippen LogP contribution in [-0.4, -0.2) is 42.3 Å². The maximum Gasteiger partial charge on any atom is 0.338 e. The molecule has 2 heterocycles. The van der Waals surface area contributed by atoms with Crippen molar-refractivity contribution in [3.63, 3.8) is 0 Å². The molecule has 3 nitrogen and oxygen atoms in total. The largest absolute Gasteiger partial charge is 0.460 e. The van der Waals surface area contributed by atoms with Crippen LogP contribution in [0.1, 0.15) is 36.0 Å². The third kappa shape index (κ3) is 2.33. The molecule has 3 rings (SSSR count). The zero-order valence-electron chi connectivity index (χ0n) is 11.6. The number of ether oxygens (including phenoxy) is 1. The summed E-state index contributed by atoms with van der Waals surface area (Å²) in [5.74, 6) is -0.282. The molecule has 1 aromatic carbocycles. The first-order valence-corrected chi connectivity index (χ1v) is 7.30. The Balaban J connectivity index is 1.65. The van der Waals surface area contributed by atoms with Crippen molar-refractivity contribution in [2.45, 2.75) is 37.3 Å². The monoisotopic (exact) mass is 277 g/mol. The second kappa shape index (κ2) is 5.52. The van der Waals surface area contributed by atoms with Crippen molar-refractivity contribution in [3.8, 4) is 0 Å². The minimum Gasteiger partial charge on any atom is -0.460 e. The quantitative estimate of drug-likeness (QED) is 0.793. The van der Waals surface area contributed by atoms with E-state index >= 15 is 0 Å². The zero-order chi connectivity index (χ0) is 14.0. The van der Waals surface area contributed by atoms with Gasteiger partial charge in [0.1, 0.15) is 13.3 Å². The first kappa shape index (κ1) is 13.6. The van der Waals surface area contributed by atoms with Crippen LogP contribution in [0.4, 0.5) is 4.39 Å². The lowest BCUT2D eigenvalue weighted by atomic mass is 9.95. The van der Waals surface area contributed by atoms with Gasteiger partial charge in [0.15, 0.2) is 0 Å². The van der Waals surface area contributed by atoms with E-state index in [1.165, 1.54) is 0 Å². The van der Waals surface area contributed by atoms with Gasteiger partial charge in [-0.2, -0.15) is 0 Å². The lowest BCUT2D eigenvalue weighted by molar-refractivity contribution is 0.0182. The standard InChI is InChI=1S/C16H20FNO2/c17-11-14-7-9-16(8-4-10-18(14)16)12-20-15(19)13-5-2-1-3-6-13/h1-3,5-6,14H,4,7-12H2/t14-,16+/m1/s1. The molecule has 0 N–H and O–H groups in total. The molecule has 0 saturated carbocycles. The Labute approximate surface area is 118 Å². The molecular formula is C16H20FNO2. The number of rotatable bonds is 4. The molecule has 2 fully saturated rings. The Kier molecular flexibility index (Phi) is 3.74. The van der Waals surface area contributed by atoms with Crippen LogP contribution in [0.5, 0.6) is 0 Å². The van der Waals surface area contributed by atoms with E-state index in [1.54, 1.807) is 12.1 Å². The summed E-state index contributed by atoms with van der Waals surface area (Å²) < 4.78 is 18.5. The van der Waals surface area contributed by atoms with E-state index in [0.29, 0.717) is 12.2 Å². The van der Waals surface area contributed by atoms with E-state index in [1.807, 2.05) is 18.2 Å². The minimum atomic E-state index is -0.297. The zero-order valence-corrected chi connectivity index (χ0v) is 11.6. The smallest absolute Gasteiger partial charge is 0.338 e. The predicted octanol–water partition coefficient (Wildman–Crippen LogP) is 2.81. The first-order valence-electron chi connectivity index (χ1n) is 7.30. The Hall–Kier alpha value is -1.42. The Bertz CT molecular complexity index is 479. The Morgan fingerprint density at radius 3 is 2.90 bits per heavy atom. The van der Waals surface area contributed by atoms with Crippen molar-refractivity contribution < 1.29 is 13.9 Å². The Morgan fingerprint density at radius 1 is 1.35 bits per heavy atom. The number of hydrogen-bond donors (Lipinski definition) is 0. The number of benzene rings is 1. The summed E-state index contributed by atoms with van der Waals surface area (Å²) in [4.78, 5) is 14.3. The summed E-state index contributed by atoms with van der Waals surface area (Å²) in [6.45, 7) is 1.02. The fraction of sp³-hybridized carbons (Fsp3) is 0.562. The summed E-state index contributed by atoms with van der Waals surface area (Å²) in [6, 6.07) is 9.05. The van der Waals surface area contributed by atoms with Crippen LogP contribution >= 0.6 is 0 Å². The van der Waals surface area contributed by atoms with Crippen molar-refractivity contribution in [1.82, 2.24) is 4.90 Å². The van der Waals surface area contributed by atoms with E-state index in [2.05, 4.69) is 4.90 Å². The normalized spacial score (nSPS) is 29.4. The summed E-state index contributed by atoms with van der Waals surface area (Å²) in [5, 5.41) is 0. The molecule has 2 saturated heterocycles. The van der Waals surface area contributed by atoms with Gasteiger partial charge in [0.25, 0.3) is 0 Å². The predicted molar refractivity (Wildman–Crippen MR) is 74.4 cm³/mol. The van der Waals surface area contributed by atoms with Crippen molar-refractivity contribution in [2.75, 3.05) is 19.8 Å². The van der Waals surface area contributed by atoms with E-state index in [0.717, 1.165) is 32.2 Å². The van der Waals surface area contributed by atoms with E-state index in [-0.39, 0.29) is 24.2 Å². The van der Waals surface area contributed by atoms with E-state index < -0.39 is 0 Å². The summed E-state index contributed by atoms with van der Waals surface area (Å²) >= 11 is 0. The van der Waals surface area contributed by atoms with Crippen LogP contribution in [0.3, 0.4) is 0 Å². The number of hydrogen-bond acceptors (Lipinski definition) is 3. The number of halogens is 1. The van der Waals surface area contributed by atoms with Crippen molar-refractivity contribution in [1.29, 1.82) is 0 Å². The molecule has 2 atom stereocenters. The van der Waals surface area contributed by atoms with Gasteiger partial charge in [-0.15, -0.1) is 0 Å². The first-order chi connectivity index (χ1) is 9.75. The summed E-state index contributed by atoms with van der Waals surface area (Å²) in [5.41, 5.74) is 0.467. The molecular weight excluding hydrogens is 257 g/mol. The van der Waals surface area contributed by atoms with Crippen molar-refractivity contribution in [3.05, 3.63) is 35.9 Å². The number of esters is 1.